The third kappa shape index (κ3) is 2.36. The van der Waals surface area contributed by atoms with Crippen LogP contribution >= 0.6 is 11.3 Å². The Morgan fingerprint density at radius 1 is 1.26 bits per heavy atom. The summed E-state index contributed by atoms with van der Waals surface area (Å²) in [6.45, 7) is 0. The second kappa shape index (κ2) is 4.62. The van der Waals surface area contributed by atoms with Gasteiger partial charge in [-0.25, -0.2) is 14.8 Å². The summed E-state index contributed by atoms with van der Waals surface area (Å²) in [4.78, 5) is 23.6. The highest BCUT2D eigenvalue weighted by Gasteiger charge is 2.10. The highest BCUT2D eigenvalue weighted by atomic mass is 32.1. The quantitative estimate of drug-likeness (QED) is 0.722. The Morgan fingerprint density at radius 3 is 2.89 bits per heavy atom. The summed E-state index contributed by atoms with van der Waals surface area (Å²) in [6.07, 6.45) is 2.02. The number of carbonyl (C=O) groups is 1. The number of thiazole rings is 1. The van der Waals surface area contributed by atoms with Crippen LogP contribution in [0.1, 0.15) is 0 Å². The van der Waals surface area contributed by atoms with E-state index in [0.29, 0.717) is 10.3 Å². The van der Waals surface area contributed by atoms with Crippen molar-refractivity contribution in [3.8, 4) is 16.5 Å². The first-order chi connectivity index (χ1) is 9.22. The van der Waals surface area contributed by atoms with Gasteiger partial charge in [-0.1, -0.05) is 11.3 Å². The first-order valence-corrected chi connectivity index (χ1v) is 6.13. The van der Waals surface area contributed by atoms with Gasteiger partial charge in [0, 0.05) is 24.0 Å². The summed E-state index contributed by atoms with van der Waals surface area (Å²) in [5.41, 5.74) is 1.59. The molecule has 3 heterocycles. The summed E-state index contributed by atoms with van der Waals surface area (Å²) in [6, 6.07) is 6.88. The molecule has 0 atom stereocenters. The predicted molar refractivity (Wildman–Crippen MR) is 69.3 cm³/mol. The van der Waals surface area contributed by atoms with Crippen LogP contribution in [0.4, 0.5) is 4.79 Å². The average Bonchev–Trinajstić information content (AvgIpc) is 2.82. The number of fused-ring (bicyclic) bond motifs is 1. The highest BCUT2D eigenvalue weighted by Crippen LogP contribution is 2.29. The van der Waals surface area contributed by atoms with Gasteiger partial charge in [0.05, 0.1) is 0 Å². The fourth-order valence-corrected chi connectivity index (χ4v) is 2.48. The molecule has 3 rings (SSSR count). The van der Waals surface area contributed by atoms with Crippen molar-refractivity contribution in [1.29, 1.82) is 0 Å². The number of carboxylic acid groups (broad SMARTS) is 1. The molecule has 0 saturated heterocycles. The lowest BCUT2D eigenvalue weighted by molar-refractivity contribution is 0.142. The Morgan fingerprint density at radius 2 is 2.16 bits per heavy atom. The molecule has 0 aliphatic rings. The Hall–Kier alpha value is -2.54. The lowest BCUT2D eigenvalue weighted by Crippen LogP contribution is -2.03. The van der Waals surface area contributed by atoms with E-state index in [9.17, 15) is 4.79 Å². The van der Waals surface area contributed by atoms with Gasteiger partial charge in [-0.15, -0.1) is 0 Å². The van der Waals surface area contributed by atoms with Gasteiger partial charge in [0.2, 0.25) is 5.88 Å². The molecule has 0 aliphatic carbocycles. The predicted octanol–water partition coefficient (Wildman–Crippen LogP) is 2.81. The first kappa shape index (κ1) is 11.5. The maximum Gasteiger partial charge on any atom is 0.512 e. The zero-order chi connectivity index (χ0) is 13.2. The van der Waals surface area contributed by atoms with Gasteiger partial charge < -0.3 is 9.84 Å². The molecule has 1 N–H and O–H groups in total. The fourth-order valence-electron chi connectivity index (χ4n) is 1.56. The molecular weight excluding hydrogens is 266 g/mol. The van der Waals surface area contributed by atoms with Crippen LogP contribution in [0, 0.1) is 0 Å². The van der Waals surface area contributed by atoms with Crippen LogP contribution in [0.3, 0.4) is 0 Å². The van der Waals surface area contributed by atoms with Gasteiger partial charge in [0.15, 0.2) is 0 Å². The molecule has 0 saturated carbocycles. The van der Waals surface area contributed by atoms with Crippen LogP contribution in [-0.2, 0) is 0 Å². The molecule has 7 heteroatoms. The van der Waals surface area contributed by atoms with Gasteiger partial charge in [-0.3, -0.25) is 4.98 Å². The largest absolute Gasteiger partial charge is 0.512 e. The zero-order valence-corrected chi connectivity index (χ0v) is 10.3. The fraction of sp³-hybridized carbons (Fsp3) is 0. The number of hydrogen-bond donors (Lipinski definition) is 1. The molecule has 3 aromatic rings. The number of aromatic nitrogens is 3. The van der Waals surface area contributed by atoms with Crippen LogP contribution < -0.4 is 4.74 Å². The van der Waals surface area contributed by atoms with E-state index in [1.165, 1.54) is 17.4 Å². The van der Waals surface area contributed by atoms with Crippen LogP contribution in [-0.4, -0.2) is 26.2 Å². The number of hydrogen-bond acceptors (Lipinski definition) is 6. The van der Waals surface area contributed by atoms with Crippen molar-refractivity contribution in [2.45, 2.75) is 0 Å². The molecule has 0 aromatic carbocycles. The number of rotatable bonds is 2. The molecule has 19 heavy (non-hydrogen) atoms. The average molecular weight is 273 g/mol. The lowest BCUT2D eigenvalue weighted by atomic mass is 10.3. The van der Waals surface area contributed by atoms with Gasteiger partial charge in [-0.2, -0.15) is 0 Å². The summed E-state index contributed by atoms with van der Waals surface area (Å²) in [5, 5.41) is 9.32. The standard InChI is InChI=1S/C12H7N3O3S/c16-12(17)18-9-4-3-8-11(15-9)19-10(14-8)7-2-1-5-13-6-7/h1-6H,(H,16,17). The summed E-state index contributed by atoms with van der Waals surface area (Å²) in [5.74, 6) is 0.0430. The molecule has 0 bridgehead atoms. The number of pyridine rings is 2. The van der Waals surface area contributed by atoms with Gasteiger partial charge in [0.25, 0.3) is 0 Å². The molecule has 3 aromatic heterocycles. The first-order valence-electron chi connectivity index (χ1n) is 5.31. The van der Waals surface area contributed by atoms with E-state index in [2.05, 4.69) is 19.7 Å². The van der Waals surface area contributed by atoms with E-state index in [-0.39, 0.29) is 5.88 Å². The van der Waals surface area contributed by atoms with Crippen LogP contribution in [0.25, 0.3) is 20.9 Å². The maximum absolute atomic E-state index is 10.4. The Bertz CT molecular complexity index is 742. The minimum absolute atomic E-state index is 0.0430. The molecule has 6 nitrogen and oxygen atoms in total. The van der Waals surface area contributed by atoms with E-state index in [1.54, 1.807) is 18.5 Å². The third-order valence-electron chi connectivity index (χ3n) is 2.33. The third-order valence-corrected chi connectivity index (χ3v) is 3.34. The Kier molecular flexibility index (Phi) is 2.81. The number of ether oxygens (including phenoxy) is 1. The second-order valence-corrected chi connectivity index (χ2v) is 4.58. The summed E-state index contributed by atoms with van der Waals surface area (Å²) in [7, 11) is 0. The van der Waals surface area contributed by atoms with E-state index in [1.807, 2.05) is 12.1 Å². The van der Waals surface area contributed by atoms with Crippen LogP contribution in [0.15, 0.2) is 36.7 Å². The van der Waals surface area contributed by atoms with Crippen molar-refractivity contribution < 1.29 is 14.6 Å². The number of nitrogens with zero attached hydrogens (tertiary/aromatic N) is 3. The molecular formula is C12H7N3O3S. The topological polar surface area (TPSA) is 85.2 Å². The van der Waals surface area contributed by atoms with Gasteiger partial charge in [-0.05, 0) is 18.2 Å². The minimum atomic E-state index is -1.39. The second-order valence-electron chi connectivity index (χ2n) is 3.60. The smallest absolute Gasteiger partial charge is 0.449 e. The Balaban J connectivity index is 2.04. The van der Waals surface area contributed by atoms with Crippen molar-refractivity contribution in [3.05, 3.63) is 36.7 Å². The van der Waals surface area contributed by atoms with E-state index >= 15 is 0 Å². The lowest BCUT2D eigenvalue weighted by Gasteiger charge is -1.96. The zero-order valence-electron chi connectivity index (χ0n) is 9.48. The summed E-state index contributed by atoms with van der Waals surface area (Å²) >= 11 is 1.36. The highest BCUT2D eigenvalue weighted by molar-refractivity contribution is 7.21. The van der Waals surface area contributed by atoms with Gasteiger partial charge >= 0.3 is 6.16 Å². The van der Waals surface area contributed by atoms with Crippen molar-refractivity contribution in [2.24, 2.45) is 0 Å². The summed E-state index contributed by atoms with van der Waals surface area (Å²) < 4.78 is 4.51. The molecule has 94 valence electrons. The SMILES string of the molecule is O=C(O)Oc1ccc2nc(-c3cccnc3)sc2n1. The minimum Gasteiger partial charge on any atom is -0.449 e. The molecule has 0 spiro atoms. The van der Waals surface area contributed by atoms with Crippen molar-refractivity contribution in [2.75, 3.05) is 0 Å². The normalized spacial score (nSPS) is 10.5. The van der Waals surface area contributed by atoms with E-state index in [4.69, 9.17) is 5.11 Å². The van der Waals surface area contributed by atoms with Gasteiger partial charge in [0.1, 0.15) is 15.4 Å². The Labute approximate surface area is 111 Å². The van der Waals surface area contributed by atoms with Crippen molar-refractivity contribution in [3.63, 3.8) is 0 Å². The van der Waals surface area contributed by atoms with E-state index < -0.39 is 6.16 Å². The van der Waals surface area contributed by atoms with Crippen molar-refractivity contribution in [1.82, 2.24) is 15.0 Å². The van der Waals surface area contributed by atoms with E-state index in [0.717, 1.165) is 10.6 Å². The molecule has 0 fully saturated rings. The van der Waals surface area contributed by atoms with Crippen molar-refractivity contribution >= 4 is 27.8 Å². The monoisotopic (exact) mass is 273 g/mol. The maximum atomic E-state index is 10.4. The van der Waals surface area contributed by atoms with Crippen LogP contribution in [0.5, 0.6) is 5.88 Å². The van der Waals surface area contributed by atoms with Crippen LogP contribution in [0.2, 0.25) is 0 Å². The molecule has 0 radical (unpaired) electrons. The molecule has 0 aliphatic heterocycles. The molecule has 0 amide bonds. The molecule has 0 unspecified atom stereocenters.